The van der Waals surface area contributed by atoms with Crippen molar-refractivity contribution in [2.24, 2.45) is 0 Å². The van der Waals surface area contributed by atoms with Gasteiger partial charge >= 0.3 is 0 Å². The number of hydrogen-bond acceptors (Lipinski definition) is 1. The Kier molecular flexibility index (Phi) is 4.48. The average molecular weight is 321 g/mol. The summed E-state index contributed by atoms with van der Waals surface area (Å²) < 4.78 is 14.5. The largest absolute Gasteiger partial charge is 0.294 e. The Bertz CT molecular complexity index is 590. The summed E-state index contributed by atoms with van der Waals surface area (Å²) in [6.07, 6.45) is 1.38. The number of rotatable bonds is 4. The van der Waals surface area contributed by atoms with E-state index < -0.39 is 0 Å². The van der Waals surface area contributed by atoms with Crippen LogP contribution in [0.4, 0.5) is 4.39 Å². The molecule has 2 rings (SSSR count). The van der Waals surface area contributed by atoms with Crippen molar-refractivity contribution in [3.63, 3.8) is 0 Å². The highest BCUT2D eigenvalue weighted by atomic mass is 79.9. The Morgan fingerprint density at radius 3 is 2.42 bits per heavy atom. The van der Waals surface area contributed by atoms with Gasteiger partial charge in [-0.15, -0.1) is 0 Å². The van der Waals surface area contributed by atoms with Crippen LogP contribution in [-0.2, 0) is 0 Å². The lowest BCUT2D eigenvalue weighted by Crippen LogP contribution is -1.97. The molecular formula is C16H14BrFO. The van der Waals surface area contributed by atoms with Gasteiger partial charge in [-0.2, -0.15) is 0 Å². The van der Waals surface area contributed by atoms with Crippen LogP contribution >= 0.6 is 15.9 Å². The molecule has 19 heavy (non-hydrogen) atoms. The molecular weight excluding hydrogens is 307 g/mol. The molecule has 0 bridgehead atoms. The quantitative estimate of drug-likeness (QED) is 0.704. The Morgan fingerprint density at radius 1 is 1.16 bits per heavy atom. The fourth-order valence-corrected chi connectivity index (χ4v) is 2.26. The summed E-state index contributed by atoms with van der Waals surface area (Å²) in [5.74, 6) is -0.146. The van der Waals surface area contributed by atoms with Crippen molar-refractivity contribution in [2.75, 3.05) is 0 Å². The molecule has 0 saturated heterocycles. The molecule has 0 radical (unpaired) electrons. The molecule has 0 unspecified atom stereocenters. The van der Waals surface area contributed by atoms with Gasteiger partial charge in [0.2, 0.25) is 0 Å². The number of ketones is 1. The summed E-state index contributed by atoms with van der Waals surface area (Å²) in [4.78, 5) is 11.7. The molecule has 0 fully saturated rings. The molecule has 0 aliphatic heterocycles. The van der Waals surface area contributed by atoms with E-state index in [4.69, 9.17) is 0 Å². The first-order valence-electron chi connectivity index (χ1n) is 6.20. The van der Waals surface area contributed by atoms with Gasteiger partial charge in [0.15, 0.2) is 5.78 Å². The number of benzene rings is 2. The van der Waals surface area contributed by atoms with Crippen LogP contribution in [0.15, 0.2) is 46.9 Å². The summed E-state index contributed by atoms with van der Waals surface area (Å²) in [6.45, 7) is 1.98. The first-order chi connectivity index (χ1) is 9.11. The standard InChI is InChI=1S/C16H14BrFO/c1-2-3-16(19)12-6-4-11(5-7-12)14-9-8-13(17)10-15(14)18/h4-10H,2-3H2,1H3. The number of Topliss-reactive ketones (excluding diaryl/α,β-unsaturated/α-hetero) is 1. The minimum Gasteiger partial charge on any atom is -0.294 e. The topological polar surface area (TPSA) is 17.1 Å². The second-order valence-electron chi connectivity index (χ2n) is 4.37. The normalized spacial score (nSPS) is 10.5. The van der Waals surface area contributed by atoms with Crippen molar-refractivity contribution in [1.82, 2.24) is 0 Å². The fourth-order valence-electron chi connectivity index (χ4n) is 1.93. The van der Waals surface area contributed by atoms with Crippen LogP contribution in [0.5, 0.6) is 0 Å². The highest BCUT2D eigenvalue weighted by Crippen LogP contribution is 2.26. The van der Waals surface area contributed by atoms with Gasteiger partial charge in [-0.3, -0.25) is 4.79 Å². The van der Waals surface area contributed by atoms with Crippen molar-refractivity contribution >= 4 is 21.7 Å². The zero-order valence-electron chi connectivity index (χ0n) is 10.6. The lowest BCUT2D eigenvalue weighted by molar-refractivity contribution is 0.0982. The Balaban J connectivity index is 2.30. The monoisotopic (exact) mass is 320 g/mol. The van der Waals surface area contributed by atoms with Gasteiger partial charge in [0.25, 0.3) is 0 Å². The van der Waals surface area contributed by atoms with Crippen molar-refractivity contribution in [2.45, 2.75) is 19.8 Å². The van der Waals surface area contributed by atoms with E-state index in [-0.39, 0.29) is 11.6 Å². The van der Waals surface area contributed by atoms with Gasteiger partial charge in [0, 0.05) is 22.0 Å². The molecule has 0 aliphatic rings. The Hall–Kier alpha value is -1.48. The van der Waals surface area contributed by atoms with Gasteiger partial charge in [0.05, 0.1) is 0 Å². The van der Waals surface area contributed by atoms with Crippen molar-refractivity contribution in [3.8, 4) is 11.1 Å². The Morgan fingerprint density at radius 2 is 1.84 bits per heavy atom. The van der Waals surface area contributed by atoms with Crippen LogP contribution in [0.3, 0.4) is 0 Å². The maximum absolute atomic E-state index is 13.8. The van der Waals surface area contributed by atoms with Gasteiger partial charge in [-0.25, -0.2) is 4.39 Å². The fraction of sp³-hybridized carbons (Fsp3) is 0.188. The third kappa shape index (κ3) is 3.29. The predicted molar refractivity (Wildman–Crippen MR) is 78.8 cm³/mol. The van der Waals surface area contributed by atoms with Gasteiger partial charge in [-0.05, 0) is 24.1 Å². The van der Waals surface area contributed by atoms with Crippen LogP contribution in [0.1, 0.15) is 30.1 Å². The molecule has 98 valence electrons. The summed E-state index contributed by atoms with van der Waals surface area (Å²) in [6, 6.07) is 12.1. The van der Waals surface area contributed by atoms with Crippen LogP contribution in [0, 0.1) is 5.82 Å². The Labute approximate surface area is 120 Å². The number of hydrogen-bond donors (Lipinski definition) is 0. The molecule has 0 N–H and O–H groups in total. The molecule has 0 saturated carbocycles. The molecule has 3 heteroatoms. The summed E-state index contributed by atoms with van der Waals surface area (Å²) in [5.41, 5.74) is 2.00. The van der Waals surface area contributed by atoms with Crippen LogP contribution in [-0.4, -0.2) is 5.78 Å². The zero-order valence-corrected chi connectivity index (χ0v) is 12.2. The summed E-state index contributed by atoms with van der Waals surface area (Å²) in [5, 5.41) is 0. The number of carbonyl (C=O) groups excluding carboxylic acids is 1. The summed E-state index contributed by atoms with van der Waals surface area (Å²) in [7, 11) is 0. The van der Waals surface area contributed by atoms with E-state index in [2.05, 4.69) is 15.9 Å². The van der Waals surface area contributed by atoms with Gasteiger partial charge in [0.1, 0.15) is 5.82 Å². The maximum Gasteiger partial charge on any atom is 0.162 e. The van der Waals surface area contributed by atoms with Gasteiger partial charge < -0.3 is 0 Å². The SMILES string of the molecule is CCCC(=O)c1ccc(-c2ccc(Br)cc2F)cc1. The first-order valence-corrected chi connectivity index (χ1v) is 7.00. The molecule has 2 aromatic rings. The molecule has 0 heterocycles. The summed E-state index contributed by atoms with van der Waals surface area (Å²) >= 11 is 3.23. The lowest BCUT2D eigenvalue weighted by atomic mass is 10.0. The van der Waals surface area contributed by atoms with Crippen molar-refractivity contribution in [1.29, 1.82) is 0 Å². The van der Waals surface area contributed by atoms with E-state index in [9.17, 15) is 9.18 Å². The smallest absolute Gasteiger partial charge is 0.162 e. The molecule has 1 nitrogen and oxygen atoms in total. The highest BCUT2D eigenvalue weighted by Gasteiger charge is 2.08. The number of halogens is 2. The van der Waals surface area contributed by atoms with Crippen molar-refractivity contribution in [3.05, 3.63) is 58.3 Å². The van der Waals surface area contributed by atoms with E-state index in [1.807, 2.05) is 6.92 Å². The average Bonchev–Trinajstić information content (AvgIpc) is 2.39. The molecule has 0 amide bonds. The van der Waals surface area contributed by atoms with E-state index in [1.165, 1.54) is 6.07 Å². The first kappa shape index (κ1) is 13.9. The minimum atomic E-state index is -0.276. The molecule has 0 atom stereocenters. The third-order valence-corrected chi connectivity index (χ3v) is 3.42. The maximum atomic E-state index is 13.8. The van der Waals surface area contributed by atoms with E-state index in [1.54, 1.807) is 36.4 Å². The second-order valence-corrected chi connectivity index (χ2v) is 5.29. The molecule has 2 aromatic carbocycles. The van der Waals surface area contributed by atoms with Crippen LogP contribution < -0.4 is 0 Å². The van der Waals surface area contributed by atoms with Crippen LogP contribution in [0.2, 0.25) is 0 Å². The zero-order chi connectivity index (χ0) is 13.8. The lowest BCUT2D eigenvalue weighted by Gasteiger charge is -2.05. The van der Waals surface area contributed by atoms with E-state index >= 15 is 0 Å². The van der Waals surface area contributed by atoms with Gasteiger partial charge in [-0.1, -0.05) is 53.2 Å². The minimum absolute atomic E-state index is 0.130. The molecule has 0 aliphatic carbocycles. The van der Waals surface area contributed by atoms with Crippen LogP contribution in [0.25, 0.3) is 11.1 Å². The second kappa shape index (κ2) is 6.11. The predicted octanol–water partition coefficient (Wildman–Crippen LogP) is 5.24. The third-order valence-electron chi connectivity index (χ3n) is 2.93. The number of carbonyl (C=O) groups is 1. The molecule has 0 aromatic heterocycles. The van der Waals surface area contributed by atoms with Crippen molar-refractivity contribution < 1.29 is 9.18 Å². The highest BCUT2D eigenvalue weighted by molar-refractivity contribution is 9.10. The van der Waals surface area contributed by atoms with E-state index in [0.717, 1.165) is 12.0 Å². The molecule has 0 spiro atoms. The van der Waals surface area contributed by atoms with E-state index in [0.29, 0.717) is 22.0 Å².